The van der Waals surface area contributed by atoms with Crippen LogP contribution < -0.4 is 0 Å². The van der Waals surface area contributed by atoms with E-state index in [9.17, 15) is 4.79 Å². The highest BCUT2D eigenvalue weighted by Gasteiger charge is 2.33. The Labute approximate surface area is 139 Å². The van der Waals surface area contributed by atoms with Crippen molar-refractivity contribution in [2.24, 2.45) is 0 Å². The van der Waals surface area contributed by atoms with Crippen LogP contribution in [0, 0.1) is 0 Å². The lowest BCUT2D eigenvalue weighted by Crippen LogP contribution is -2.34. The predicted octanol–water partition coefficient (Wildman–Crippen LogP) is 4.08. The van der Waals surface area contributed by atoms with Gasteiger partial charge >= 0.3 is 0 Å². The van der Waals surface area contributed by atoms with Gasteiger partial charge in [-0.25, -0.2) is 4.98 Å². The number of fused-ring (bicyclic) bond motifs is 1. The zero-order chi connectivity index (χ0) is 15.8. The number of imidazole rings is 1. The minimum Gasteiger partial charge on any atom is -0.334 e. The van der Waals surface area contributed by atoms with Crippen LogP contribution in [0.25, 0.3) is 16.2 Å². The van der Waals surface area contributed by atoms with Crippen LogP contribution in [-0.2, 0) is 0 Å². The molecule has 4 rings (SSSR count). The standard InChI is InChI=1S/C18H19N3OS/c1-2-10-20(14-8-9-14)17(22)16-12-23-18-19-15(11-21(16)18)13-6-4-3-5-7-13/h3-7,11-12,14H,2,8-10H2,1H3. The third-order valence-electron chi connectivity index (χ3n) is 4.21. The first-order valence-electron chi connectivity index (χ1n) is 8.11. The molecule has 1 aliphatic carbocycles. The fourth-order valence-corrected chi connectivity index (χ4v) is 3.76. The van der Waals surface area contributed by atoms with Gasteiger partial charge in [0.2, 0.25) is 0 Å². The largest absolute Gasteiger partial charge is 0.334 e. The molecule has 1 fully saturated rings. The van der Waals surface area contributed by atoms with E-state index in [4.69, 9.17) is 0 Å². The number of rotatable bonds is 5. The molecule has 2 aromatic heterocycles. The number of benzene rings is 1. The van der Waals surface area contributed by atoms with Gasteiger partial charge in [0.05, 0.1) is 5.69 Å². The van der Waals surface area contributed by atoms with Gasteiger partial charge in [-0.3, -0.25) is 9.20 Å². The number of aromatic nitrogens is 2. The second-order valence-corrected chi connectivity index (χ2v) is 6.83. The highest BCUT2D eigenvalue weighted by molar-refractivity contribution is 7.15. The van der Waals surface area contributed by atoms with Crippen LogP contribution in [0.4, 0.5) is 0 Å². The van der Waals surface area contributed by atoms with Crippen LogP contribution in [0.15, 0.2) is 41.9 Å². The molecule has 5 heteroatoms. The van der Waals surface area contributed by atoms with Crippen LogP contribution >= 0.6 is 11.3 Å². The number of thiazole rings is 1. The van der Waals surface area contributed by atoms with Crippen molar-refractivity contribution in [1.82, 2.24) is 14.3 Å². The SMILES string of the molecule is CCCN(C(=O)c1csc2nc(-c3ccccc3)cn12)C1CC1. The average molecular weight is 325 g/mol. The Morgan fingerprint density at radius 2 is 2.13 bits per heavy atom. The summed E-state index contributed by atoms with van der Waals surface area (Å²) in [6.45, 7) is 2.96. The third-order valence-corrected chi connectivity index (χ3v) is 5.05. The summed E-state index contributed by atoms with van der Waals surface area (Å²) in [7, 11) is 0. The topological polar surface area (TPSA) is 37.6 Å². The summed E-state index contributed by atoms with van der Waals surface area (Å²) in [6.07, 6.45) is 5.25. The predicted molar refractivity (Wildman–Crippen MR) is 92.9 cm³/mol. The lowest BCUT2D eigenvalue weighted by molar-refractivity contribution is 0.0736. The Hall–Kier alpha value is -2.14. The maximum Gasteiger partial charge on any atom is 0.271 e. The molecule has 23 heavy (non-hydrogen) atoms. The van der Waals surface area contributed by atoms with E-state index in [-0.39, 0.29) is 5.91 Å². The van der Waals surface area contributed by atoms with Crippen LogP contribution in [-0.4, -0.2) is 32.8 Å². The molecular formula is C18H19N3OS. The quantitative estimate of drug-likeness (QED) is 0.709. The van der Waals surface area contributed by atoms with E-state index >= 15 is 0 Å². The highest BCUT2D eigenvalue weighted by Crippen LogP contribution is 2.30. The molecule has 118 valence electrons. The van der Waals surface area contributed by atoms with Gasteiger partial charge in [0.25, 0.3) is 5.91 Å². The molecule has 0 unspecified atom stereocenters. The van der Waals surface area contributed by atoms with E-state index in [0.717, 1.165) is 47.7 Å². The van der Waals surface area contributed by atoms with Crippen molar-refractivity contribution >= 4 is 22.2 Å². The number of hydrogen-bond acceptors (Lipinski definition) is 3. The van der Waals surface area contributed by atoms with Gasteiger partial charge in [-0.15, -0.1) is 11.3 Å². The molecule has 1 amide bonds. The molecule has 4 nitrogen and oxygen atoms in total. The Kier molecular flexibility index (Phi) is 3.65. The summed E-state index contributed by atoms with van der Waals surface area (Å²) in [4.78, 5) is 20.5. The van der Waals surface area contributed by atoms with Crippen LogP contribution in [0.3, 0.4) is 0 Å². The van der Waals surface area contributed by atoms with Gasteiger partial charge in [-0.1, -0.05) is 37.3 Å². The first-order valence-corrected chi connectivity index (χ1v) is 8.99. The van der Waals surface area contributed by atoms with Gasteiger partial charge in [0.15, 0.2) is 4.96 Å². The van der Waals surface area contributed by atoms with Crippen molar-refractivity contribution in [3.8, 4) is 11.3 Å². The van der Waals surface area contributed by atoms with Crippen molar-refractivity contribution in [3.63, 3.8) is 0 Å². The number of carbonyl (C=O) groups excluding carboxylic acids is 1. The number of nitrogens with zero attached hydrogens (tertiary/aromatic N) is 3. The molecule has 0 radical (unpaired) electrons. The fraction of sp³-hybridized carbons (Fsp3) is 0.333. The molecule has 0 aliphatic heterocycles. The van der Waals surface area contributed by atoms with Crippen molar-refractivity contribution < 1.29 is 4.79 Å². The minimum atomic E-state index is 0.137. The average Bonchev–Trinajstić information content (AvgIpc) is 3.20. The van der Waals surface area contributed by atoms with Crippen molar-refractivity contribution in [2.75, 3.05) is 6.54 Å². The molecule has 1 aromatic carbocycles. The molecule has 1 saturated carbocycles. The van der Waals surface area contributed by atoms with E-state index in [1.807, 2.05) is 51.2 Å². The summed E-state index contributed by atoms with van der Waals surface area (Å²) in [6, 6.07) is 10.5. The van der Waals surface area contributed by atoms with E-state index < -0.39 is 0 Å². The second-order valence-electron chi connectivity index (χ2n) is 6.00. The van der Waals surface area contributed by atoms with Gasteiger partial charge in [-0.05, 0) is 19.3 Å². The van der Waals surface area contributed by atoms with Gasteiger partial charge in [0.1, 0.15) is 5.69 Å². The normalized spacial score (nSPS) is 14.3. The molecule has 3 aromatic rings. The van der Waals surface area contributed by atoms with Gasteiger partial charge in [-0.2, -0.15) is 0 Å². The van der Waals surface area contributed by atoms with E-state index in [1.54, 1.807) is 0 Å². The minimum absolute atomic E-state index is 0.137. The molecule has 0 N–H and O–H groups in total. The van der Waals surface area contributed by atoms with Gasteiger partial charge < -0.3 is 4.90 Å². The Balaban J connectivity index is 1.70. The van der Waals surface area contributed by atoms with E-state index in [0.29, 0.717) is 6.04 Å². The van der Waals surface area contributed by atoms with E-state index in [2.05, 4.69) is 11.9 Å². The van der Waals surface area contributed by atoms with Crippen molar-refractivity contribution in [2.45, 2.75) is 32.2 Å². The summed E-state index contributed by atoms with van der Waals surface area (Å²) in [5.74, 6) is 0.137. The lowest BCUT2D eigenvalue weighted by Gasteiger charge is -2.21. The number of hydrogen-bond donors (Lipinski definition) is 0. The number of amides is 1. The molecule has 0 bridgehead atoms. The maximum absolute atomic E-state index is 12.9. The molecule has 0 saturated heterocycles. The van der Waals surface area contributed by atoms with Gasteiger partial charge in [0, 0.05) is 29.7 Å². The van der Waals surface area contributed by atoms with Crippen LogP contribution in [0.5, 0.6) is 0 Å². The first kappa shape index (κ1) is 14.5. The van der Waals surface area contributed by atoms with E-state index in [1.165, 1.54) is 11.3 Å². The number of carbonyl (C=O) groups is 1. The summed E-state index contributed by atoms with van der Waals surface area (Å²) < 4.78 is 1.94. The Morgan fingerprint density at radius 3 is 2.83 bits per heavy atom. The molecule has 0 atom stereocenters. The van der Waals surface area contributed by atoms with Crippen LogP contribution in [0.2, 0.25) is 0 Å². The Bertz CT molecular complexity index is 832. The highest BCUT2D eigenvalue weighted by atomic mass is 32.1. The van der Waals surface area contributed by atoms with Crippen molar-refractivity contribution in [1.29, 1.82) is 0 Å². The lowest BCUT2D eigenvalue weighted by atomic mass is 10.2. The van der Waals surface area contributed by atoms with Crippen LogP contribution in [0.1, 0.15) is 36.7 Å². The maximum atomic E-state index is 12.9. The van der Waals surface area contributed by atoms with Crippen molar-refractivity contribution in [3.05, 3.63) is 47.6 Å². The molecule has 1 aliphatic rings. The summed E-state index contributed by atoms with van der Waals surface area (Å²) in [5.41, 5.74) is 2.73. The zero-order valence-electron chi connectivity index (χ0n) is 13.1. The fourth-order valence-electron chi connectivity index (χ4n) is 2.91. The molecule has 0 spiro atoms. The Morgan fingerprint density at radius 1 is 1.35 bits per heavy atom. The molecule has 2 heterocycles. The summed E-state index contributed by atoms with van der Waals surface area (Å²) in [5, 5.41) is 1.94. The third kappa shape index (κ3) is 2.65. The monoisotopic (exact) mass is 325 g/mol. The zero-order valence-corrected chi connectivity index (χ0v) is 13.9. The second kappa shape index (κ2) is 5.81. The first-order chi connectivity index (χ1) is 11.3. The molecular weight excluding hydrogens is 306 g/mol. The smallest absolute Gasteiger partial charge is 0.271 e. The summed E-state index contributed by atoms with van der Waals surface area (Å²) >= 11 is 1.53.